The summed E-state index contributed by atoms with van der Waals surface area (Å²) in [5.74, 6) is 0.546. The quantitative estimate of drug-likeness (QED) is 0.670. The van der Waals surface area contributed by atoms with Crippen LogP contribution in [0.5, 0.6) is 0 Å². The van der Waals surface area contributed by atoms with Crippen LogP contribution in [0.3, 0.4) is 0 Å². The molecule has 3 heterocycles. The predicted octanol–water partition coefficient (Wildman–Crippen LogP) is 3.81. The van der Waals surface area contributed by atoms with E-state index < -0.39 is 0 Å². The van der Waals surface area contributed by atoms with Crippen LogP contribution in [0.1, 0.15) is 24.5 Å². The topological polar surface area (TPSA) is 51.5 Å². The van der Waals surface area contributed by atoms with E-state index in [1.165, 1.54) is 0 Å². The summed E-state index contributed by atoms with van der Waals surface area (Å²) in [5, 5.41) is 0.611. The summed E-state index contributed by atoms with van der Waals surface area (Å²) in [7, 11) is 0. The summed E-state index contributed by atoms with van der Waals surface area (Å²) in [4.78, 5) is 29.4. The highest BCUT2D eigenvalue weighted by molar-refractivity contribution is 6.34. The number of fused-ring (bicyclic) bond motifs is 3. The number of carbonyl (C=O) groups is 1. The van der Waals surface area contributed by atoms with Crippen molar-refractivity contribution in [3.63, 3.8) is 0 Å². The molecule has 0 aliphatic carbocycles. The van der Waals surface area contributed by atoms with Crippen molar-refractivity contribution in [2.45, 2.75) is 13.3 Å². The maximum Gasteiger partial charge on any atom is 0.284 e. The van der Waals surface area contributed by atoms with E-state index in [2.05, 4.69) is 16.7 Å². The molecule has 0 aromatic heterocycles. The number of amides is 1. The van der Waals surface area contributed by atoms with Gasteiger partial charge in [-0.3, -0.25) is 19.6 Å². The molecule has 3 aliphatic rings. The molecule has 2 aromatic carbocycles. The van der Waals surface area contributed by atoms with Gasteiger partial charge in [0.25, 0.3) is 5.91 Å². The van der Waals surface area contributed by atoms with E-state index in [4.69, 9.17) is 21.6 Å². The number of rotatable bonds is 4. The second-order valence-electron chi connectivity index (χ2n) is 8.25. The maximum absolute atomic E-state index is 13.4. The molecule has 32 heavy (non-hydrogen) atoms. The predicted molar refractivity (Wildman–Crippen MR) is 130 cm³/mol. The lowest BCUT2D eigenvalue weighted by Gasteiger charge is -2.33. The first-order valence-corrected chi connectivity index (χ1v) is 11.5. The Bertz CT molecular complexity index is 1120. The number of anilines is 1. The lowest BCUT2D eigenvalue weighted by Crippen LogP contribution is -2.44. The van der Waals surface area contributed by atoms with Crippen molar-refractivity contribution < 1.29 is 4.79 Å². The zero-order valence-corrected chi connectivity index (χ0v) is 18.9. The molecule has 6 nitrogen and oxygen atoms in total. The smallest absolute Gasteiger partial charge is 0.284 e. The van der Waals surface area contributed by atoms with Crippen molar-refractivity contribution in [3.05, 3.63) is 76.6 Å². The largest absolute Gasteiger partial charge is 0.373 e. The average Bonchev–Trinajstić information content (AvgIpc) is 3.02. The molecule has 1 fully saturated rings. The molecule has 0 unspecified atom stereocenters. The zero-order valence-electron chi connectivity index (χ0n) is 18.2. The molecule has 1 amide bonds. The summed E-state index contributed by atoms with van der Waals surface area (Å²) in [6.45, 7) is 7.51. The number of aliphatic imine (C=N–C) groups is 2. The monoisotopic (exact) mass is 447 g/mol. The fraction of sp³-hybridized carbons (Fsp3) is 0.320. The van der Waals surface area contributed by atoms with E-state index in [1.807, 2.05) is 54.7 Å². The summed E-state index contributed by atoms with van der Waals surface area (Å²) < 4.78 is 0. The van der Waals surface area contributed by atoms with E-state index >= 15 is 0 Å². The van der Waals surface area contributed by atoms with Crippen molar-refractivity contribution in [1.29, 1.82) is 0 Å². The highest BCUT2D eigenvalue weighted by Crippen LogP contribution is 2.33. The molecular weight excluding hydrogens is 422 g/mol. The molecule has 0 N–H and O–H groups in total. The highest BCUT2D eigenvalue weighted by Gasteiger charge is 2.36. The molecule has 0 radical (unpaired) electrons. The summed E-state index contributed by atoms with van der Waals surface area (Å²) in [5.41, 5.74) is 3.91. The molecule has 5 rings (SSSR count). The molecule has 0 spiro atoms. The lowest BCUT2D eigenvalue weighted by atomic mass is 10.00. The number of halogens is 1. The normalized spacial score (nSPS) is 20.1. The van der Waals surface area contributed by atoms with Gasteiger partial charge >= 0.3 is 0 Å². The number of hydrogen-bond acceptors (Lipinski definition) is 5. The van der Waals surface area contributed by atoms with Gasteiger partial charge in [-0.1, -0.05) is 48.9 Å². The van der Waals surface area contributed by atoms with Gasteiger partial charge in [-0.05, 0) is 31.2 Å². The van der Waals surface area contributed by atoms with Gasteiger partial charge in [0, 0.05) is 48.5 Å². The third kappa shape index (κ3) is 3.96. The Morgan fingerprint density at radius 1 is 1.06 bits per heavy atom. The molecular formula is C25H26ClN5O. The van der Waals surface area contributed by atoms with Crippen molar-refractivity contribution in [2.75, 3.05) is 44.2 Å². The Balaban J connectivity index is 1.48. The number of hydrogen-bond donors (Lipinski definition) is 0. The maximum atomic E-state index is 13.4. The molecule has 0 saturated carbocycles. The number of nitrogens with zero attached hydrogens (tertiary/aromatic N) is 5. The highest BCUT2D eigenvalue weighted by atomic mass is 35.5. The number of amidine groups is 1. The van der Waals surface area contributed by atoms with Gasteiger partial charge in [0.05, 0.1) is 17.9 Å². The Hall–Kier alpha value is -2.96. The Morgan fingerprint density at radius 3 is 2.59 bits per heavy atom. The average molecular weight is 448 g/mol. The first kappa shape index (κ1) is 20.9. The second kappa shape index (κ2) is 8.88. The van der Waals surface area contributed by atoms with Crippen LogP contribution in [0.2, 0.25) is 5.02 Å². The van der Waals surface area contributed by atoms with Gasteiger partial charge in [0.15, 0.2) is 0 Å². The minimum Gasteiger partial charge on any atom is -0.373 e. The van der Waals surface area contributed by atoms with Crippen LogP contribution in [0.15, 0.2) is 70.4 Å². The van der Waals surface area contributed by atoms with Crippen LogP contribution >= 0.6 is 11.6 Å². The molecule has 0 atom stereocenters. The van der Waals surface area contributed by atoms with Crippen molar-refractivity contribution in [1.82, 2.24) is 9.80 Å². The lowest BCUT2D eigenvalue weighted by molar-refractivity contribution is -0.114. The van der Waals surface area contributed by atoms with E-state index in [0.29, 0.717) is 23.1 Å². The van der Waals surface area contributed by atoms with Gasteiger partial charge < -0.3 is 4.90 Å². The van der Waals surface area contributed by atoms with Crippen LogP contribution in [-0.2, 0) is 4.79 Å². The molecule has 7 heteroatoms. The standard InChI is InChI=1S/C25H26ClN5O/c1-2-10-29-11-13-30(14-12-29)17-21-25(32)31-22-9-8-19(26)15-20(22)24(27-16-23(31)28-21)18-6-4-3-5-7-18/h3-9,15,17H,2,10-14,16H2,1H3/b21-17+. The van der Waals surface area contributed by atoms with Crippen LogP contribution < -0.4 is 4.90 Å². The first-order chi connectivity index (χ1) is 15.6. The van der Waals surface area contributed by atoms with Gasteiger partial charge in [0.2, 0.25) is 0 Å². The summed E-state index contributed by atoms with van der Waals surface area (Å²) in [6.07, 6.45) is 3.09. The fourth-order valence-electron chi connectivity index (χ4n) is 4.48. The molecule has 1 saturated heterocycles. The third-order valence-electron chi connectivity index (χ3n) is 6.06. The fourth-order valence-corrected chi connectivity index (χ4v) is 4.66. The SMILES string of the molecule is CCCN1CCN(/C=C2/N=C3CN=C(c4ccccc4)c4cc(Cl)ccc4N3C2=O)CC1. The third-order valence-corrected chi connectivity index (χ3v) is 6.30. The van der Waals surface area contributed by atoms with Gasteiger partial charge in [-0.2, -0.15) is 0 Å². The number of benzene rings is 2. The molecule has 0 bridgehead atoms. The Labute approximate surface area is 193 Å². The number of piperazine rings is 1. The minimum absolute atomic E-state index is 0.107. The molecule has 2 aromatic rings. The Morgan fingerprint density at radius 2 is 1.84 bits per heavy atom. The van der Waals surface area contributed by atoms with Gasteiger partial charge in [0.1, 0.15) is 11.5 Å². The van der Waals surface area contributed by atoms with E-state index in [0.717, 1.165) is 61.7 Å². The van der Waals surface area contributed by atoms with E-state index in [9.17, 15) is 4.79 Å². The van der Waals surface area contributed by atoms with E-state index in [-0.39, 0.29) is 5.91 Å². The van der Waals surface area contributed by atoms with Crippen molar-refractivity contribution in [2.24, 2.45) is 9.98 Å². The molecule has 164 valence electrons. The van der Waals surface area contributed by atoms with Crippen molar-refractivity contribution in [3.8, 4) is 0 Å². The second-order valence-corrected chi connectivity index (χ2v) is 8.69. The number of carbonyl (C=O) groups excluding carboxylic acids is 1. The van der Waals surface area contributed by atoms with Crippen LogP contribution in [0.4, 0.5) is 5.69 Å². The summed E-state index contributed by atoms with van der Waals surface area (Å²) in [6, 6.07) is 15.6. The molecule has 3 aliphatic heterocycles. The summed E-state index contributed by atoms with van der Waals surface area (Å²) >= 11 is 6.34. The van der Waals surface area contributed by atoms with Crippen LogP contribution in [-0.4, -0.2) is 66.5 Å². The van der Waals surface area contributed by atoms with Crippen molar-refractivity contribution >= 4 is 34.7 Å². The van der Waals surface area contributed by atoms with Gasteiger partial charge in [-0.15, -0.1) is 0 Å². The Kier molecular flexibility index (Phi) is 5.81. The minimum atomic E-state index is -0.107. The van der Waals surface area contributed by atoms with Gasteiger partial charge in [-0.25, -0.2) is 4.99 Å². The first-order valence-electron chi connectivity index (χ1n) is 11.1. The van der Waals surface area contributed by atoms with Crippen LogP contribution in [0, 0.1) is 0 Å². The zero-order chi connectivity index (χ0) is 22.1. The van der Waals surface area contributed by atoms with Crippen LogP contribution in [0.25, 0.3) is 0 Å². The van der Waals surface area contributed by atoms with E-state index in [1.54, 1.807) is 4.90 Å².